The first-order valence-electron chi connectivity index (χ1n) is 14.6. The van der Waals surface area contributed by atoms with Gasteiger partial charge in [0, 0.05) is 18.3 Å². The largest absolute Gasteiger partial charge is 0.494 e. The molecule has 0 spiro atoms. The number of carbonyl (C=O) groups is 1. The minimum Gasteiger partial charge on any atom is -0.494 e. The number of rotatable bonds is 18. The van der Waals surface area contributed by atoms with Crippen molar-refractivity contribution < 1.29 is 14.3 Å². The smallest absolute Gasteiger partial charge is 0.330 e. The van der Waals surface area contributed by atoms with Gasteiger partial charge in [-0.3, -0.25) is 0 Å². The number of benzene rings is 2. The molecule has 1 N–H and O–H groups in total. The molecule has 0 fully saturated rings. The molecular weight excluding hydrogens is 581 g/mol. The number of azo groups is 2. The fourth-order valence-corrected chi connectivity index (χ4v) is 6.06. The third kappa shape index (κ3) is 10.7. The van der Waals surface area contributed by atoms with Crippen LogP contribution in [-0.2, 0) is 9.53 Å². The van der Waals surface area contributed by atoms with E-state index in [1.54, 1.807) is 0 Å². The lowest BCUT2D eigenvalue weighted by atomic mass is 10.1. The van der Waals surface area contributed by atoms with Crippen LogP contribution in [0.25, 0.3) is 9.53 Å². The lowest BCUT2D eigenvalue weighted by Crippen LogP contribution is -2.01. The van der Waals surface area contributed by atoms with Crippen molar-refractivity contribution in [2.24, 2.45) is 20.5 Å². The van der Waals surface area contributed by atoms with Crippen molar-refractivity contribution >= 4 is 65.4 Å². The molecule has 9 nitrogen and oxygen atoms in total. The molecule has 0 aliphatic rings. The Morgan fingerprint density at radius 3 is 2.35 bits per heavy atom. The Kier molecular flexibility index (Phi) is 12.8. The van der Waals surface area contributed by atoms with Crippen LogP contribution in [0.2, 0.25) is 0 Å². The molecule has 2 aromatic heterocycles. The summed E-state index contributed by atoms with van der Waals surface area (Å²) in [4.78, 5) is 16.5. The number of carbonyl (C=O) groups excluding carboxylic acids is 1. The van der Waals surface area contributed by atoms with Crippen LogP contribution in [0.1, 0.15) is 57.4 Å². The summed E-state index contributed by atoms with van der Waals surface area (Å²) in [6.45, 7) is 9.54. The van der Waals surface area contributed by atoms with Gasteiger partial charge in [0.15, 0.2) is 0 Å². The normalized spacial score (nSPS) is 11.5. The maximum atomic E-state index is 11.0. The summed E-state index contributed by atoms with van der Waals surface area (Å²) >= 11 is 2.97. The molecule has 4 aromatic rings. The van der Waals surface area contributed by atoms with Gasteiger partial charge in [-0.15, -0.1) is 20.5 Å². The van der Waals surface area contributed by atoms with Gasteiger partial charge in [-0.1, -0.05) is 61.4 Å². The number of hydrogen-bond acceptors (Lipinski definition) is 11. The van der Waals surface area contributed by atoms with E-state index in [2.05, 4.69) is 50.3 Å². The minimum atomic E-state index is -0.345. The Labute approximate surface area is 260 Å². The van der Waals surface area contributed by atoms with E-state index in [-0.39, 0.29) is 5.97 Å². The van der Waals surface area contributed by atoms with E-state index in [9.17, 15) is 4.79 Å². The number of hydrogen-bond donors (Lipinski definition) is 1. The monoisotopic (exact) mass is 618 g/mol. The lowest BCUT2D eigenvalue weighted by Gasteiger charge is -2.06. The van der Waals surface area contributed by atoms with Crippen LogP contribution in [0.15, 0.2) is 81.6 Å². The van der Waals surface area contributed by atoms with E-state index in [0.29, 0.717) is 18.3 Å². The van der Waals surface area contributed by atoms with Crippen molar-refractivity contribution in [3.8, 4) is 5.75 Å². The van der Waals surface area contributed by atoms with Gasteiger partial charge in [0.05, 0.1) is 29.3 Å². The fraction of sp³-hybridized carbons (Fsp3) is 0.375. The Morgan fingerprint density at radius 1 is 0.907 bits per heavy atom. The first-order chi connectivity index (χ1) is 21.0. The minimum absolute atomic E-state index is 0.345. The molecule has 2 aromatic carbocycles. The summed E-state index contributed by atoms with van der Waals surface area (Å²) in [5.41, 5.74) is 3.73. The molecule has 0 aliphatic carbocycles. The number of thiazole rings is 1. The molecule has 2 heterocycles. The molecule has 0 bridgehead atoms. The zero-order chi connectivity index (χ0) is 30.3. The number of anilines is 1. The van der Waals surface area contributed by atoms with Crippen molar-refractivity contribution in [2.45, 2.75) is 58.8 Å². The highest BCUT2D eigenvalue weighted by Gasteiger charge is 2.09. The van der Waals surface area contributed by atoms with Crippen LogP contribution in [0.3, 0.4) is 0 Å². The van der Waals surface area contributed by atoms with E-state index in [4.69, 9.17) is 9.47 Å². The maximum Gasteiger partial charge on any atom is 0.330 e. The number of aromatic nitrogens is 1. The number of nitrogens with one attached hydrogen (secondary N) is 1. The summed E-state index contributed by atoms with van der Waals surface area (Å²) < 4.78 is 11.9. The van der Waals surface area contributed by atoms with E-state index >= 15 is 0 Å². The molecule has 0 radical (unpaired) electrons. The van der Waals surface area contributed by atoms with Gasteiger partial charge >= 0.3 is 5.97 Å². The maximum absolute atomic E-state index is 11.0. The van der Waals surface area contributed by atoms with Gasteiger partial charge in [0.1, 0.15) is 15.6 Å². The third-order valence-corrected chi connectivity index (χ3v) is 8.38. The zero-order valence-corrected chi connectivity index (χ0v) is 26.4. The number of thiophene rings is 1. The molecule has 0 amide bonds. The van der Waals surface area contributed by atoms with E-state index in [0.717, 1.165) is 81.6 Å². The average molecular weight is 619 g/mol. The standard InChI is InChI=1S/C32H38N6O3S2/c1-4-30(39)41-20-12-10-8-6-7-9-11-19-40-26-16-13-24(14-17-26)35-37-29-22-28-31(43-29)34-32(42-28)38-36-27-18-15-25(33-5-2)21-23(27)3/h4,13-18,21-22,33H,1,5-12,19-20H2,2-3H3. The third-order valence-electron chi connectivity index (χ3n) is 6.46. The second kappa shape index (κ2) is 17.2. The number of fused-ring (bicyclic) bond motifs is 1. The van der Waals surface area contributed by atoms with Crippen LogP contribution in [0.4, 0.5) is 27.2 Å². The molecule has 0 aliphatic heterocycles. The van der Waals surface area contributed by atoms with Crippen molar-refractivity contribution in [3.05, 3.63) is 66.7 Å². The van der Waals surface area contributed by atoms with Gasteiger partial charge in [0.25, 0.3) is 0 Å². The number of unbranched alkanes of at least 4 members (excludes halogenated alkanes) is 6. The SMILES string of the molecule is C=CC(=O)OCCCCCCCCCOc1ccc(N=Nc2cc3sc(N=Nc4ccc(NCC)cc4C)nc3s2)cc1. The summed E-state index contributed by atoms with van der Waals surface area (Å²) in [5, 5.41) is 22.2. The number of esters is 1. The van der Waals surface area contributed by atoms with Crippen molar-refractivity contribution in [2.75, 3.05) is 25.1 Å². The van der Waals surface area contributed by atoms with E-state index in [1.165, 1.54) is 41.6 Å². The number of aryl methyl sites for hydroxylation is 1. The molecule has 0 unspecified atom stereocenters. The predicted molar refractivity (Wildman–Crippen MR) is 177 cm³/mol. The van der Waals surface area contributed by atoms with E-state index < -0.39 is 0 Å². The van der Waals surface area contributed by atoms with Gasteiger partial charge in [-0.25, -0.2) is 9.78 Å². The topological polar surface area (TPSA) is 110 Å². The van der Waals surface area contributed by atoms with E-state index in [1.807, 2.05) is 49.4 Å². The second-order valence-electron chi connectivity index (χ2n) is 9.87. The molecule has 43 heavy (non-hydrogen) atoms. The Bertz CT molecular complexity index is 1500. The Balaban J connectivity index is 1.14. The van der Waals surface area contributed by atoms with Crippen LogP contribution < -0.4 is 10.1 Å². The molecule has 0 saturated heterocycles. The van der Waals surface area contributed by atoms with Crippen LogP contribution >= 0.6 is 22.7 Å². The molecule has 11 heteroatoms. The summed E-state index contributed by atoms with van der Waals surface area (Å²) in [7, 11) is 0. The first-order valence-corrected chi connectivity index (χ1v) is 16.3. The zero-order valence-electron chi connectivity index (χ0n) is 24.8. The van der Waals surface area contributed by atoms with Gasteiger partial charge in [-0.05, 0) is 80.8 Å². The summed E-state index contributed by atoms with van der Waals surface area (Å²) in [6.07, 6.45) is 8.87. The molecular formula is C32H38N6O3S2. The quantitative estimate of drug-likeness (QED) is 0.0516. The summed E-state index contributed by atoms with van der Waals surface area (Å²) in [5.74, 6) is 0.488. The van der Waals surface area contributed by atoms with Crippen LogP contribution in [-0.4, -0.2) is 30.7 Å². The van der Waals surface area contributed by atoms with Crippen molar-refractivity contribution in [1.29, 1.82) is 0 Å². The number of ether oxygens (including phenoxy) is 2. The number of nitrogens with zero attached hydrogens (tertiary/aromatic N) is 5. The fourth-order valence-electron chi connectivity index (χ4n) is 4.21. The van der Waals surface area contributed by atoms with Crippen LogP contribution in [0.5, 0.6) is 5.75 Å². The highest BCUT2D eigenvalue weighted by molar-refractivity contribution is 7.30. The Hall–Kier alpha value is -3.96. The van der Waals surface area contributed by atoms with Gasteiger partial charge < -0.3 is 14.8 Å². The second-order valence-corrected chi connectivity index (χ2v) is 11.9. The summed E-state index contributed by atoms with van der Waals surface area (Å²) in [6, 6.07) is 15.7. The predicted octanol–water partition coefficient (Wildman–Crippen LogP) is 10.8. The molecule has 226 valence electrons. The lowest BCUT2D eigenvalue weighted by molar-refractivity contribution is -0.137. The van der Waals surface area contributed by atoms with Gasteiger partial charge in [-0.2, -0.15) is 0 Å². The highest BCUT2D eigenvalue weighted by Crippen LogP contribution is 2.39. The average Bonchev–Trinajstić information content (AvgIpc) is 3.57. The van der Waals surface area contributed by atoms with Crippen molar-refractivity contribution in [3.63, 3.8) is 0 Å². The molecule has 0 atom stereocenters. The van der Waals surface area contributed by atoms with Gasteiger partial charge in [0.2, 0.25) is 5.13 Å². The van der Waals surface area contributed by atoms with Crippen LogP contribution in [0, 0.1) is 6.92 Å². The van der Waals surface area contributed by atoms with Crippen molar-refractivity contribution in [1.82, 2.24) is 4.98 Å². The first kappa shape index (κ1) is 32.0. The molecule has 0 saturated carbocycles. The molecule has 4 rings (SSSR count). The highest BCUT2D eigenvalue weighted by atomic mass is 32.1. The Morgan fingerprint density at radius 2 is 1.65 bits per heavy atom.